The summed E-state index contributed by atoms with van der Waals surface area (Å²) in [7, 11) is 0. The van der Waals surface area contributed by atoms with E-state index < -0.39 is 138 Å². The number of hydrogen-bond acceptors (Lipinski definition) is 8. The van der Waals surface area contributed by atoms with Crippen molar-refractivity contribution < 1.29 is 70.2 Å². The lowest BCUT2D eigenvalue weighted by Gasteiger charge is -2.09. The molecule has 0 fully saturated rings. The second-order valence-electron chi connectivity index (χ2n) is 11.1. The molecule has 0 nitrogen and oxygen atoms in total. The molecule has 0 unspecified atom stereocenters. The van der Waals surface area contributed by atoms with E-state index in [1.807, 2.05) is 0 Å². The Morgan fingerprint density at radius 3 is 0.586 bits per heavy atom. The van der Waals surface area contributed by atoms with Crippen molar-refractivity contribution in [2.45, 2.75) is 23.0 Å². The fourth-order valence-corrected chi connectivity index (χ4v) is 16.6. The maximum Gasteiger partial charge on any atom is 0.166 e. The zero-order chi connectivity index (χ0) is 42.3. The molecule has 2 aliphatic heterocycles. The van der Waals surface area contributed by atoms with Crippen LogP contribution in [-0.2, 0) is 23.0 Å². The molecule has 0 spiro atoms. The highest BCUT2D eigenvalue weighted by Gasteiger charge is 2.34. The van der Waals surface area contributed by atoms with Gasteiger partial charge in [-0.15, -0.1) is 47.0 Å². The van der Waals surface area contributed by atoms with Gasteiger partial charge in [-0.1, -0.05) is 47.0 Å². The quantitative estimate of drug-likeness (QED) is 0.100. The average Bonchev–Trinajstić information content (AvgIpc) is 3.78. The summed E-state index contributed by atoms with van der Waals surface area (Å²) in [6.07, 6.45) is 0. The number of halogens is 16. The molecule has 0 aliphatic carbocycles. The first-order chi connectivity index (χ1) is 27.4. The second-order valence-corrected chi connectivity index (χ2v) is 20.7. The van der Waals surface area contributed by atoms with Gasteiger partial charge in [0.1, 0.15) is 0 Å². The van der Waals surface area contributed by atoms with Crippen LogP contribution in [0.15, 0.2) is 49.7 Å². The average molecular weight is 981 g/mol. The van der Waals surface area contributed by atoms with Crippen molar-refractivity contribution in [3.05, 3.63) is 165 Å². The van der Waals surface area contributed by atoms with Crippen LogP contribution in [0.1, 0.15) is 22.3 Å². The van der Waals surface area contributed by atoms with Gasteiger partial charge >= 0.3 is 0 Å². The third kappa shape index (κ3) is 9.47. The van der Waals surface area contributed by atoms with Crippen LogP contribution >= 0.6 is 94.1 Å². The minimum absolute atomic E-state index is 0.0167. The van der Waals surface area contributed by atoms with Gasteiger partial charge in [0.05, 0.1) is 25.4 Å². The van der Waals surface area contributed by atoms with Crippen molar-refractivity contribution >= 4 is 94.1 Å². The maximum absolute atomic E-state index is 14.5. The summed E-state index contributed by atoms with van der Waals surface area (Å²) in [6.45, 7) is 0. The highest BCUT2D eigenvalue weighted by molar-refractivity contribution is 8.44. The summed E-state index contributed by atoms with van der Waals surface area (Å²) in [6, 6.07) is -0.0669. The van der Waals surface area contributed by atoms with Crippen LogP contribution in [0.3, 0.4) is 0 Å². The largest absolute Gasteiger partial charge is 0.204 e. The lowest BCUT2D eigenvalue weighted by Crippen LogP contribution is -2.01. The molecule has 0 N–H and O–H groups in total. The van der Waals surface area contributed by atoms with Crippen LogP contribution in [-0.4, -0.2) is 0 Å². The standard InChI is InChI=1S/C34H12F16S8/c35-13-1-14(36)22(44)9(21(13)43)5-51-29-30(52-6-10-23(45)15(37)2-16(38)24(10)46)56-33(55-29)34-57-31(53-7-11-25(47)17(39)3-18(40)26(11)48)32(58-34)54-8-12-27(49)19(41)4-20(42)28(12)50/h1-4H,5-8H2. The Bertz CT molecular complexity index is 2020. The van der Waals surface area contributed by atoms with Gasteiger partial charge in [-0.05, 0) is 0 Å². The summed E-state index contributed by atoms with van der Waals surface area (Å²) < 4.78 is 229. The normalized spacial score (nSPS) is 14.6. The minimum atomic E-state index is -1.72. The Labute approximate surface area is 350 Å². The van der Waals surface area contributed by atoms with Crippen molar-refractivity contribution in [2.24, 2.45) is 0 Å². The van der Waals surface area contributed by atoms with Gasteiger partial charge in [-0.2, -0.15) is 0 Å². The van der Waals surface area contributed by atoms with E-state index >= 15 is 0 Å². The molecule has 0 saturated carbocycles. The monoisotopic (exact) mass is 980 g/mol. The Morgan fingerprint density at radius 2 is 0.431 bits per heavy atom. The summed E-state index contributed by atoms with van der Waals surface area (Å²) in [4.78, 5) is 0. The molecule has 0 amide bonds. The van der Waals surface area contributed by atoms with Crippen molar-refractivity contribution in [3.8, 4) is 0 Å². The van der Waals surface area contributed by atoms with Crippen LogP contribution in [0, 0.1) is 93.1 Å². The Hall–Kier alpha value is -2.22. The SMILES string of the molecule is Fc1cc(F)c(F)c(CSC2=C(SCc3c(F)c(F)cc(F)c3F)SC(=C3SC(SCc4c(F)c(F)cc(F)c4F)=C(SCc4c(F)c(F)cc(F)c4F)S3)S2)c1F. The van der Waals surface area contributed by atoms with Gasteiger partial charge in [0.2, 0.25) is 0 Å². The molecule has 0 aromatic heterocycles. The summed E-state index contributed by atoms with van der Waals surface area (Å²) in [5.41, 5.74) is -4.11. The van der Waals surface area contributed by atoms with Crippen molar-refractivity contribution in [2.75, 3.05) is 0 Å². The van der Waals surface area contributed by atoms with E-state index in [0.29, 0.717) is 47.0 Å². The molecular weight excluding hydrogens is 969 g/mol. The summed E-state index contributed by atoms with van der Waals surface area (Å²) in [5, 5.41) is 0. The molecule has 308 valence electrons. The van der Waals surface area contributed by atoms with E-state index in [0.717, 1.165) is 47.0 Å². The smallest absolute Gasteiger partial charge is 0.166 e. The Balaban J connectivity index is 1.33. The second kappa shape index (κ2) is 18.8. The summed E-state index contributed by atoms with van der Waals surface area (Å²) in [5.74, 6) is -30.5. The lowest BCUT2D eigenvalue weighted by atomic mass is 10.2. The third-order valence-corrected chi connectivity index (χ3v) is 19.1. The molecule has 0 bridgehead atoms. The number of hydrogen-bond donors (Lipinski definition) is 0. The van der Waals surface area contributed by atoms with E-state index in [9.17, 15) is 70.2 Å². The molecule has 0 radical (unpaired) electrons. The topological polar surface area (TPSA) is 0 Å². The molecule has 2 heterocycles. The van der Waals surface area contributed by atoms with Gasteiger partial charge in [-0.3, -0.25) is 0 Å². The van der Waals surface area contributed by atoms with Crippen LogP contribution in [0.25, 0.3) is 0 Å². The molecular formula is C34H12F16S8. The molecule has 2 aliphatic rings. The fraction of sp³-hybridized carbons (Fsp3) is 0.118. The number of rotatable bonds is 12. The van der Waals surface area contributed by atoms with Crippen LogP contribution in [0.5, 0.6) is 0 Å². The van der Waals surface area contributed by atoms with Crippen molar-refractivity contribution in [3.63, 3.8) is 0 Å². The molecule has 24 heteroatoms. The highest BCUT2D eigenvalue weighted by atomic mass is 32.3. The zero-order valence-electron chi connectivity index (χ0n) is 27.5. The van der Waals surface area contributed by atoms with E-state index in [1.165, 1.54) is 0 Å². The fourth-order valence-electron chi connectivity index (χ4n) is 4.61. The highest BCUT2D eigenvalue weighted by Crippen LogP contribution is 2.67. The molecule has 58 heavy (non-hydrogen) atoms. The summed E-state index contributed by atoms with van der Waals surface area (Å²) >= 11 is 5.70. The molecule has 0 atom stereocenters. The number of benzene rings is 4. The van der Waals surface area contributed by atoms with Gasteiger partial charge < -0.3 is 0 Å². The van der Waals surface area contributed by atoms with Crippen LogP contribution in [0.2, 0.25) is 0 Å². The Kier molecular flexibility index (Phi) is 14.7. The van der Waals surface area contributed by atoms with Gasteiger partial charge in [-0.25, -0.2) is 70.2 Å². The van der Waals surface area contributed by atoms with Crippen LogP contribution < -0.4 is 0 Å². The van der Waals surface area contributed by atoms with Gasteiger partial charge in [0.25, 0.3) is 0 Å². The first-order valence-corrected chi connectivity index (χ1v) is 22.3. The van der Waals surface area contributed by atoms with Crippen LogP contribution in [0.4, 0.5) is 70.2 Å². The third-order valence-electron chi connectivity index (χ3n) is 7.44. The number of thioether (sulfide) groups is 8. The van der Waals surface area contributed by atoms with E-state index in [-0.39, 0.29) is 49.7 Å². The predicted octanol–water partition coefficient (Wildman–Crippen LogP) is 15.3. The molecule has 4 aromatic carbocycles. The zero-order valence-corrected chi connectivity index (χ0v) is 34.0. The minimum Gasteiger partial charge on any atom is -0.204 e. The molecule has 4 aromatic rings. The Morgan fingerprint density at radius 1 is 0.276 bits per heavy atom. The van der Waals surface area contributed by atoms with E-state index in [4.69, 9.17) is 0 Å². The predicted molar refractivity (Wildman–Crippen MR) is 202 cm³/mol. The van der Waals surface area contributed by atoms with Crippen molar-refractivity contribution in [1.82, 2.24) is 0 Å². The van der Waals surface area contributed by atoms with Crippen molar-refractivity contribution in [1.29, 1.82) is 0 Å². The first kappa shape index (κ1) is 45.3. The lowest BCUT2D eigenvalue weighted by molar-refractivity contribution is 0.444. The van der Waals surface area contributed by atoms with Gasteiger partial charge in [0, 0.05) is 69.5 Å². The first-order valence-electron chi connectivity index (χ1n) is 15.1. The molecule has 6 rings (SSSR count). The van der Waals surface area contributed by atoms with E-state index in [1.54, 1.807) is 0 Å². The maximum atomic E-state index is 14.5. The van der Waals surface area contributed by atoms with E-state index in [2.05, 4.69) is 0 Å². The molecule has 0 saturated heterocycles. The van der Waals surface area contributed by atoms with Gasteiger partial charge in [0.15, 0.2) is 93.1 Å².